The van der Waals surface area contributed by atoms with E-state index in [1.54, 1.807) is 6.07 Å². The third-order valence-corrected chi connectivity index (χ3v) is 6.32. The molecule has 0 saturated heterocycles. The molecule has 0 heterocycles. The smallest absolute Gasteiger partial charge is 0.266 e. The van der Waals surface area contributed by atoms with E-state index in [2.05, 4.69) is 22.8 Å². The fourth-order valence-corrected chi connectivity index (χ4v) is 4.38. The van der Waals surface area contributed by atoms with Crippen molar-refractivity contribution in [2.75, 3.05) is 18.1 Å². The lowest BCUT2D eigenvalue weighted by atomic mass is 9.99. The lowest BCUT2D eigenvalue weighted by Gasteiger charge is -2.20. The van der Waals surface area contributed by atoms with Crippen LogP contribution in [0, 0.1) is 0 Å². The molecule has 0 radical (unpaired) electrons. The molecule has 0 unspecified atom stereocenters. The Morgan fingerprint density at radius 2 is 1.56 bits per heavy atom. The van der Waals surface area contributed by atoms with Gasteiger partial charge in [-0.05, 0) is 68.1 Å². The summed E-state index contributed by atoms with van der Waals surface area (Å²) in [6.45, 7) is 6.61. The SMILES string of the molecule is CC(C)Nc1cc(-c2ccc(CCN[C@@H](C)[C@@H](O)c3ccccc3)cc2)ccc1C(=O)NS(C)(=O)=O. The van der Waals surface area contributed by atoms with Gasteiger partial charge in [0.1, 0.15) is 0 Å². The van der Waals surface area contributed by atoms with Crippen LogP contribution in [0.15, 0.2) is 72.8 Å². The Balaban J connectivity index is 1.66. The van der Waals surface area contributed by atoms with E-state index in [4.69, 9.17) is 0 Å². The zero-order valence-electron chi connectivity index (χ0n) is 21.2. The number of hydrogen-bond acceptors (Lipinski definition) is 6. The molecular formula is C28H35N3O4S. The molecule has 0 aromatic heterocycles. The minimum Gasteiger partial charge on any atom is -0.387 e. The molecule has 0 aliphatic carbocycles. The van der Waals surface area contributed by atoms with Crippen LogP contribution in [0.25, 0.3) is 11.1 Å². The molecule has 3 rings (SSSR count). The summed E-state index contributed by atoms with van der Waals surface area (Å²) in [6.07, 6.45) is 1.21. The summed E-state index contributed by atoms with van der Waals surface area (Å²) in [4.78, 5) is 12.5. The monoisotopic (exact) mass is 509 g/mol. The summed E-state index contributed by atoms with van der Waals surface area (Å²) in [7, 11) is -3.66. The lowest BCUT2D eigenvalue weighted by molar-refractivity contribution is 0.0982. The first-order valence-electron chi connectivity index (χ1n) is 12.0. The van der Waals surface area contributed by atoms with Gasteiger partial charge < -0.3 is 15.7 Å². The lowest BCUT2D eigenvalue weighted by Crippen LogP contribution is -2.33. The van der Waals surface area contributed by atoms with Gasteiger partial charge in [-0.25, -0.2) is 13.1 Å². The van der Waals surface area contributed by atoms with Crippen molar-refractivity contribution in [3.63, 3.8) is 0 Å². The quantitative estimate of drug-likeness (QED) is 0.310. The second-order valence-electron chi connectivity index (χ2n) is 9.31. The van der Waals surface area contributed by atoms with E-state index in [0.717, 1.165) is 41.5 Å². The summed E-state index contributed by atoms with van der Waals surface area (Å²) < 4.78 is 25.1. The van der Waals surface area contributed by atoms with E-state index in [1.165, 1.54) is 0 Å². The average molecular weight is 510 g/mol. The van der Waals surface area contributed by atoms with E-state index in [-0.39, 0.29) is 17.6 Å². The van der Waals surface area contributed by atoms with Crippen LogP contribution in [0.1, 0.15) is 48.4 Å². The largest absolute Gasteiger partial charge is 0.387 e. The molecule has 0 spiro atoms. The Morgan fingerprint density at radius 3 is 2.17 bits per heavy atom. The zero-order chi connectivity index (χ0) is 26.3. The van der Waals surface area contributed by atoms with Crippen LogP contribution in [0.2, 0.25) is 0 Å². The zero-order valence-corrected chi connectivity index (χ0v) is 22.0. The van der Waals surface area contributed by atoms with Gasteiger partial charge in [0.05, 0.1) is 17.9 Å². The number of carbonyl (C=O) groups is 1. The molecule has 0 bridgehead atoms. The van der Waals surface area contributed by atoms with Gasteiger partial charge in [0.25, 0.3) is 5.91 Å². The number of rotatable bonds is 11. The van der Waals surface area contributed by atoms with Crippen LogP contribution in [-0.2, 0) is 16.4 Å². The normalized spacial score (nSPS) is 13.3. The van der Waals surface area contributed by atoms with Crippen LogP contribution >= 0.6 is 0 Å². The Kier molecular flexibility index (Phi) is 9.25. The number of aliphatic hydroxyl groups is 1. The number of carbonyl (C=O) groups excluding carboxylic acids is 1. The first-order valence-corrected chi connectivity index (χ1v) is 13.9. The highest BCUT2D eigenvalue weighted by molar-refractivity contribution is 7.89. The highest BCUT2D eigenvalue weighted by Crippen LogP contribution is 2.27. The third kappa shape index (κ3) is 7.91. The first kappa shape index (κ1) is 27.4. The van der Waals surface area contributed by atoms with E-state index < -0.39 is 22.0 Å². The number of aliphatic hydroxyl groups excluding tert-OH is 1. The highest BCUT2D eigenvalue weighted by atomic mass is 32.2. The van der Waals surface area contributed by atoms with E-state index >= 15 is 0 Å². The standard InChI is InChI=1S/C28H35N3O4S/c1-19(2)30-26-18-24(14-15-25(26)28(33)31-36(4,34)35)22-12-10-21(11-13-22)16-17-29-20(3)27(32)23-8-6-5-7-9-23/h5-15,18-20,27,29-30,32H,16-17H2,1-4H3,(H,31,33)/t20-,27+/m0/s1. The summed E-state index contributed by atoms with van der Waals surface area (Å²) >= 11 is 0. The van der Waals surface area contributed by atoms with Gasteiger partial charge >= 0.3 is 0 Å². The van der Waals surface area contributed by atoms with Crippen molar-refractivity contribution in [2.24, 2.45) is 0 Å². The fraction of sp³-hybridized carbons (Fsp3) is 0.321. The van der Waals surface area contributed by atoms with Crippen molar-refractivity contribution in [1.82, 2.24) is 10.0 Å². The third-order valence-electron chi connectivity index (χ3n) is 5.77. The van der Waals surface area contributed by atoms with Gasteiger partial charge in [-0.15, -0.1) is 0 Å². The molecule has 8 heteroatoms. The van der Waals surface area contributed by atoms with Gasteiger partial charge in [-0.3, -0.25) is 4.79 Å². The van der Waals surface area contributed by atoms with Crippen molar-refractivity contribution in [1.29, 1.82) is 0 Å². The Bertz CT molecular complexity index is 1260. The summed E-state index contributed by atoms with van der Waals surface area (Å²) in [5.41, 5.74) is 4.81. The molecule has 0 aliphatic heterocycles. The predicted molar refractivity (Wildman–Crippen MR) is 146 cm³/mol. The van der Waals surface area contributed by atoms with Crippen LogP contribution in [0.4, 0.5) is 5.69 Å². The maximum atomic E-state index is 12.5. The van der Waals surface area contributed by atoms with Crippen LogP contribution in [-0.4, -0.2) is 44.3 Å². The van der Waals surface area contributed by atoms with Crippen molar-refractivity contribution < 1.29 is 18.3 Å². The molecule has 4 N–H and O–H groups in total. The molecule has 2 atom stereocenters. The maximum Gasteiger partial charge on any atom is 0.266 e. The van der Waals surface area contributed by atoms with Crippen LogP contribution in [0.3, 0.4) is 0 Å². The van der Waals surface area contributed by atoms with Crippen LogP contribution < -0.4 is 15.4 Å². The molecule has 192 valence electrons. The summed E-state index contributed by atoms with van der Waals surface area (Å²) in [5, 5.41) is 17.1. The molecular weight excluding hydrogens is 474 g/mol. The van der Waals surface area contributed by atoms with Crippen molar-refractivity contribution in [3.8, 4) is 11.1 Å². The van der Waals surface area contributed by atoms with Crippen molar-refractivity contribution in [2.45, 2.75) is 45.4 Å². The number of hydrogen-bond donors (Lipinski definition) is 4. The summed E-state index contributed by atoms with van der Waals surface area (Å²) in [5.74, 6) is -0.665. The molecule has 7 nitrogen and oxygen atoms in total. The van der Waals surface area contributed by atoms with Gasteiger partial charge in [0.15, 0.2) is 0 Å². The summed E-state index contributed by atoms with van der Waals surface area (Å²) in [6, 6.07) is 23.1. The average Bonchev–Trinajstić information content (AvgIpc) is 2.83. The van der Waals surface area contributed by atoms with Crippen molar-refractivity contribution in [3.05, 3.63) is 89.5 Å². The van der Waals surface area contributed by atoms with Crippen molar-refractivity contribution >= 4 is 21.6 Å². The number of nitrogens with one attached hydrogen (secondary N) is 3. The van der Waals surface area contributed by atoms with Gasteiger partial charge in [-0.1, -0.05) is 60.7 Å². The minimum absolute atomic E-state index is 0.0581. The molecule has 0 fully saturated rings. The topological polar surface area (TPSA) is 108 Å². The van der Waals surface area contributed by atoms with E-state index in [1.807, 2.05) is 80.1 Å². The minimum atomic E-state index is -3.66. The molecule has 36 heavy (non-hydrogen) atoms. The molecule has 0 aliphatic rings. The van der Waals surface area contributed by atoms with E-state index in [9.17, 15) is 18.3 Å². The second-order valence-corrected chi connectivity index (χ2v) is 11.1. The van der Waals surface area contributed by atoms with Gasteiger partial charge in [-0.2, -0.15) is 0 Å². The fourth-order valence-electron chi connectivity index (χ4n) is 3.93. The number of amides is 1. The Hall–Kier alpha value is -3.20. The predicted octanol–water partition coefficient (Wildman–Crippen LogP) is 4.12. The molecule has 3 aromatic carbocycles. The second kappa shape index (κ2) is 12.2. The van der Waals surface area contributed by atoms with Gasteiger partial charge in [0.2, 0.25) is 10.0 Å². The Morgan fingerprint density at radius 1 is 0.917 bits per heavy atom. The highest BCUT2D eigenvalue weighted by Gasteiger charge is 2.17. The first-order chi connectivity index (χ1) is 17.0. The van der Waals surface area contributed by atoms with E-state index in [0.29, 0.717) is 5.69 Å². The molecule has 3 aromatic rings. The number of anilines is 1. The molecule has 1 amide bonds. The maximum absolute atomic E-state index is 12.5. The number of benzene rings is 3. The number of sulfonamides is 1. The van der Waals surface area contributed by atoms with Crippen LogP contribution in [0.5, 0.6) is 0 Å². The Labute approximate surface area is 214 Å². The van der Waals surface area contributed by atoms with Gasteiger partial charge in [0, 0.05) is 17.8 Å². The molecule has 0 saturated carbocycles.